The third-order valence-corrected chi connectivity index (χ3v) is 3.54. The highest BCUT2D eigenvalue weighted by Gasteiger charge is 2.16. The summed E-state index contributed by atoms with van der Waals surface area (Å²) in [5, 5.41) is 0. The standard InChI is InChI=1S/C13H12BrN3O/c1-6-7(2)18-8(3)11(6)13-16-10-4-9(14)5-15-12(10)17-13/h4-5H,1-3H3,(H,15,16,17). The van der Waals surface area contributed by atoms with E-state index < -0.39 is 0 Å². The predicted octanol–water partition coefficient (Wildman–Crippen LogP) is 3.91. The van der Waals surface area contributed by atoms with E-state index in [1.54, 1.807) is 6.20 Å². The Labute approximate surface area is 113 Å². The highest BCUT2D eigenvalue weighted by Crippen LogP contribution is 2.30. The highest BCUT2D eigenvalue weighted by atomic mass is 79.9. The fraction of sp³-hybridized carbons (Fsp3) is 0.231. The summed E-state index contributed by atoms with van der Waals surface area (Å²) in [5.41, 5.74) is 3.77. The number of rotatable bonds is 1. The zero-order chi connectivity index (χ0) is 12.9. The molecule has 3 rings (SSSR count). The van der Waals surface area contributed by atoms with Gasteiger partial charge >= 0.3 is 0 Å². The molecular formula is C13H12BrN3O. The van der Waals surface area contributed by atoms with E-state index >= 15 is 0 Å². The molecule has 0 atom stereocenters. The molecule has 0 amide bonds. The number of aromatic nitrogens is 3. The van der Waals surface area contributed by atoms with Crippen molar-refractivity contribution >= 4 is 27.1 Å². The summed E-state index contributed by atoms with van der Waals surface area (Å²) >= 11 is 3.40. The third kappa shape index (κ3) is 1.66. The first-order chi connectivity index (χ1) is 8.56. The van der Waals surface area contributed by atoms with Crippen LogP contribution < -0.4 is 0 Å². The van der Waals surface area contributed by atoms with Gasteiger partial charge in [-0.3, -0.25) is 0 Å². The molecule has 0 aliphatic carbocycles. The van der Waals surface area contributed by atoms with Crippen LogP contribution in [0.15, 0.2) is 21.2 Å². The molecule has 0 bridgehead atoms. The van der Waals surface area contributed by atoms with E-state index in [2.05, 4.69) is 30.9 Å². The van der Waals surface area contributed by atoms with Gasteiger partial charge in [0.15, 0.2) is 5.65 Å². The lowest BCUT2D eigenvalue weighted by Gasteiger charge is -1.94. The quantitative estimate of drug-likeness (QED) is 0.741. The topological polar surface area (TPSA) is 54.7 Å². The van der Waals surface area contributed by atoms with Gasteiger partial charge in [0.25, 0.3) is 0 Å². The van der Waals surface area contributed by atoms with Crippen LogP contribution in [0.25, 0.3) is 22.6 Å². The number of pyridine rings is 1. The minimum atomic E-state index is 0.714. The Hall–Kier alpha value is -1.62. The van der Waals surface area contributed by atoms with Crippen molar-refractivity contribution in [3.63, 3.8) is 0 Å². The van der Waals surface area contributed by atoms with E-state index in [1.807, 2.05) is 26.8 Å². The van der Waals surface area contributed by atoms with Crippen LogP contribution in [-0.2, 0) is 0 Å². The summed E-state index contributed by atoms with van der Waals surface area (Å²) in [5.74, 6) is 2.61. The number of imidazole rings is 1. The first-order valence-corrected chi connectivity index (χ1v) is 6.44. The molecule has 18 heavy (non-hydrogen) atoms. The first kappa shape index (κ1) is 11.5. The average molecular weight is 306 g/mol. The first-order valence-electron chi connectivity index (χ1n) is 5.64. The van der Waals surface area contributed by atoms with Gasteiger partial charge in [-0.05, 0) is 42.8 Å². The molecule has 5 heteroatoms. The summed E-state index contributed by atoms with van der Waals surface area (Å²) < 4.78 is 6.56. The molecule has 0 radical (unpaired) electrons. The van der Waals surface area contributed by atoms with E-state index in [9.17, 15) is 0 Å². The largest absolute Gasteiger partial charge is 0.466 e. The van der Waals surface area contributed by atoms with Crippen molar-refractivity contribution in [3.05, 3.63) is 33.8 Å². The van der Waals surface area contributed by atoms with Gasteiger partial charge in [0.2, 0.25) is 0 Å². The summed E-state index contributed by atoms with van der Waals surface area (Å²) in [6, 6.07) is 1.97. The fourth-order valence-electron chi connectivity index (χ4n) is 2.13. The number of hydrogen-bond donors (Lipinski definition) is 1. The molecule has 0 saturated heterocycles. The van der Waals surface area contributed by atoms with E-state index in [1.165, 1.54) is 0 Å². The Bertz CT molecular complexity index is 742. The van der Waals surface area contributed by atoms with Crippen molar-refractivity contribution in [1.29, 1.82) is 0 Å². The monoisotopic (exact) mass is 305 g/mol. The van der Waals surface area contributed by atoms with Crippen LogP contribution in [0.1, 0.15) is 17.1 Å². The number of aryl methyl sites for hydroxylation is 2. The minimum Gasteiger partial charge on any atom is -0.466 e. The molecule has 0 aliphatic heterocycles. The van der Waals surface area contributed by atoms with Gasteiger partial charge in [-0.25, -0.2) is 9.97 Å². The average Bonchev–Trinajstić information content (AvgIpc) is 2.80. The van der Waals surface area contributed by atoms with E-state index in [0.717, 1.165) is 38.5 Å². The lowest BCUT2D eigenvalue weighted by molar-refractivity contribution is 0.503. The molecule has 0 aromatic carbocycles. The summed E-state index contributed by atoms with van der Waals surface area (Å²) in [7, 11) is 0. The van der Waals surface area contributed by atoms with Crippen molar-refractivity contribution in [1.82, 2.24) is 15.0 Å². The molecule has 0 unspecified atom stereocenters. The SMILES string of the molecule is Cc1oc(C)c(-c2nc3ncc(Br)cc3[nH]2)c1C. The molecule has 0 fully saturated rings. The fourth-order valence-corrected chi connectivity index (χ4v) is 2.47. The van der Waals surface area contributed by atoms with Crippen LogP contribution >= 0.6 is 15.9 Å². The zero-order valence-corrected chi connectivity index (χ0v) is 11.9. The Morgan fingerprint density at radius 2 is 2.00 bits per heavy atom. The van der Waals surface area contributed by atoms with Crippen molar-refractivity contribution < 1.29 is 4.42 Å². The maximum Gasteiger partial charge on any atom is 0.178 e. The molecule has 0 aliphatic rings. The van der Waals surface area contributed by atoms with Gasteiger partial charge in [-0.2, -0.15) is 0 Å². The number of hydrogen-bond acceptors (Lipinski definition) is 3. The maximum atomic E-state index is 5.63. The number of halogens is 1. The number of fused-ring (bicyclic) bond motifs is 1. The highest BCUT2D eigenvalue weighted by molar-refractivity contribution is 9.10. The Balaban J connectivity index is 2.25. The number of furan rings is 1. The molecular weight excluding hydrogens is 294 g/mol. The second-order valence-corrected chi connectivity index (χ2v) is 5.24. The summed E-state index contributed by atoms with van der Waals surface area (Å²) in [6.45, 7) is 5.95. The van der Waals surface area contributed by atoms with E-state index in [4.69, 9.17) is 4.42 Å². The van der Waals surface area contributed by atoms with E-state index in [-0.39, 0.29) is 0 Å². The van der Waals surface area contributed by atoms with Crippen LogP contribution in [0.3, 0.4) is 0 Å². The third-order valence-electron chi connectivity index (χ3n) is 3.10. The molecule has 0 spiro atoms. The second-order valence-electron chi connectivity index (χ2n) is 4.32. The van der Waals surface area contributed by atoms with Crippen LogP contribution in [0.5, 0.6) is 0 Å². The van der Waals surface area contributed by atoms with Gasteiger partial charge in [0.05, 0.1) is 11.1 Å². The van der Waals surface area contributed by atoms with Crippen molar-refractivity contribution in [2.45, 2.75) is 20.8 Å². The Morgan fingerprint density at radius 1 is 1.22 bits per heavy atom. The molecule has 4 nitrogen and oxygen atoms in total. The number of H-pyrrole nitrogens is 1. The van der Waals surface area contributed by atoms with Gasteiger partial charge in [-0.15, -0.1) is 0 Å². The zero-order valence-electron chi connectivity index (χ0n) is 10.3. The summed E-state index contributed by atoms with van der Waals surface area (Å²) in [4.78, 5) is 12.1. The molecule has 3 heterocycles. The smallest absolute Gasteiger partial charge is 0.178 e. The van der Waals surface area contributed by atoms with Crippen molar-refractivity contribution in [2.75, 3.05) is 0 Å². The number of aromatic amines is 1. The maximum absolute atomic E-state index is 5.63. The normalized spacial score (nSPS) is 11.3. The minimum absolute atomic E-state index is 0.714. The number of nitrogens with one attached hydrogen (secondary N) is 1. The lowest BCUT2D eigenvalue weighted by Crippen LogP contribution is -1.83. The molecule has 1 N–H and O–H groups in total. The number of nitrogens with zero attached hydrogens (tertiary/aromatic N) is 2. The second kappa shape index (κ2) is 3.95. The van der Waals surface area contributed by atoms with Crippen LogP contribution in [0.2, 0.25) is 0 Å². The van der Waals surface area contributed by atoms with Gasteiger partial charge < -0.3 is 9.40 Å². The van der Waals surface area contributed by atoms with Gasteiger partial charge in [-0.1, -0.05) is 0 Å². The lowest BCUT2D eigenvalue weighted by atomic mass is 10.1. The molecule has 92 valence electrons. The predicted molar refractivity (Wildman–Crippen MR) is 73.5 cm³/mol. The summed E-state index contributed by atoms with van der Waals surface area (Å²) in [6.07, 6.45) is 1.74. The molecule has 0 saturated carbocycles. The van der Waals surface area contributed by atoms with E-state index in [0.29, 0.717) is 5.65 Å². The van der Waals surface area contributed by atoms with Crippen LogP contribution in [-0.4, -0.2) is 15.0 Å². The Kier molecular flexibility index (Phi) is 2.52. The van der Waals surface area contributed by atoms with Gasteiger partial charge in [0, 0.05) is 16.2 Å². The molecule has 3 aromatic rings. The Morgan fingerprint density at radius 3 is 2.67 bits per heavy atom. The van der Waals surface area contributed by atoms with Crippen LogP contribution in [0, 0.1) is 20.8 Å². The van der Waals surface area contributed by atoms with Crippen molar-refractivity contribution in [2.24, 2.45) is 0 Å². The van der Waals surface area contributed by atoms with Crippen LogP contribution in [0.4, 0.5) is 0 Å². The van der Waals surface area contributed by atoms with Gasteiger partial charge in [0.1, 0.15) is 17.3 Å². The van der Waals surface area contributed by atoms with Crippen molar-refractivity contribution in [3.8, 4) is 11.4 Å². The molecule has 3 aromatic heterocycles.